The van der Waals surface area contributed by atoms with Gasteiger partial charge in [-0.05, 0) is 37.8 Å². The van der Waals surface area contributed by atoms with Gasteiger partial charge in [0, 0.05) is 25.0 Å². The molecular formula is C19H25F3N2O2. The summed E-state index contributed by atoms with van der Waals surface area (Å²) in [5.74, 6) is -0.579. The smallest absolute Gasteiger partial charge is 0.349 e. The number of carbonyl (C=O) groups is 2. The van der Waals surface area contributed by atoms with Crippen LogP contribution in [0, 0.1) is 5.92 Å². The van der Waals surface area contributed by atoms with E-state index in [1.165, 1.54) is 18.2 Å². The van der Waals surface area contributed by atoms with Crippen molar-refractivity contribution in [1.82, 2.24) is 10.2 Å². The highest BCUT2D eigenvalue weighted by atomic mass is 19.4. The zero-order chi connectivity index (χ0) is 19.3. The molecule has 7 heteroatoms. The number of piperidine rings is 1. The van der Waals surface area contributed by atoms with E-state index in [-0.39, 0.29) is 23.4 Å². The first-order chi connectivity index (χ1) is 12.3. The molecule has 26 heavy (non-hydrogen) atoms. The number of amides is 2. The van der Waals surface area contributed by atoms with Crippen molar-refractivity contribution in [3.63, 3.8) is 0 Å². The first kappa shape index (κ1) is 20.3. The van der Waals surface area contributed by atoms with Crippen LogP contribution in [0.2, 0.25) is 0 Å². The van der Waals surface area contributed by atoms with Crippen molar-refractivity contribution in [2.24, 2.45) is 5.92 Å². The van der Waals surface area contributed by atoms with Crippen LogP contribution in [0.25, 0.3) is 0 Å². The van der Waals surface area contributed by atoms with E-state index in [2.05, 4.69) is 5.32 Å². The molecule has 0 atom stereocenters. The highest BCUT2D eigenvalue weighted by Crippen LogP contribution is 2.32. The van der Waals surface area contributed by atoms with Gasteiger partial charge in [0.15, 0.2) is 0 Å². The molecule has 1 fully saturated rings. The fraction of sp³-hybridized carbons (Fsp3) is 0.579. The average Bonchev–Trinajstić information content (AvgIpc) is 2.62. The summed E-state index contributed by atoms with van der Waals surface area (Å²) < 4.78 is 39.1. The third-order valence-corrected chi connectivity index (χ3v) is 4.95. The predicted molar refractivity (Wildman–Crippen MR) is 92.6 cm³/mol. The lowest BCUT2D eigenvalue weighted by Crippen LogP contribution is -2.48. The molecule has 0 spiro atoms. The number of halogens is 3. The largest absolute Gasteiger partial charge is 0.417 e. The Morgan fingerprint density at radius 2 is 1.73 bits per heavy atom. The molecule has 1 aromatic carbocycles. The van der Waals surface area contributed by atoms with Crippen molar-refractivity contribution < 1.29 is 22.8 Å². The maximum atomic E-state index is 13.0. The average molecular weight is 370 g/mol. The molecule has 144 valence electrons. The van der Waals surface area contributed by atoms with Crippen LogP contribution >= 0.6 is 0 Å². The lowest BCUT2D eigenvalue weighted by molar-refractivity contribution is -0.138. The molecule has 0 aliphatic carbocycles. The topological polar surface area (TPSA) is 49.4 Å². The number of likely N-dealkylation sites (tertiary alicyclic amines) is 1. The van der Waals surface area contributed by atoms with Gasteiger partial charge in [0.2, 0.25) is 5.91 Å². The summed E-state index contributed by atoms with van der Waals surface area (Å²) in [5.41, 5.74) is -1.30. The number of nitrogens with zero attached hydrogens (tertiary/aromatic N) is 1. The monoisotopic (exact) mass is 370 g/mol. The maximum Gasteiger partial charge on any atom is 0.417 e. The fourth-order valence-electron chi connectivity index (χ4n) is 3.33. The van der Waals surface area contributed by atoms with Gasteiger partial charge in [-0.25, -0.2) is 0 Å². The predicted octanol–water partition coefficient (Wildman–Crippen LogP) is 3.86. The van der Waals surface area contributed by atoms with Crippen LogP contribution in [0.4, 0.5) is 13.2 Å². The standard InChI is InChI=1S/C19H25F3N2O2/c1-3-13(4-2)18(26)24-11-9-14(10-12-24)23-17(25)15-7-5-6-8-16(15)19(20,21)22/h5-8,13-14H,3-4,9-12H2,1-2H3,(H,23,25). The molecule has 4 nitrogen and oxygen atoms in total. The Kier molecular flexibility index (Phi) is 6.67. The van der Waals surface area contributed by atoms with Crippen LogP contribution in [-0.4, -0.2) is 35.8 Å². The number of benzene rings is 1. The molecule has 2 amide bonds. The summed E-state index contributed by atoms with van der Waals surface area (Å²) >= 11 is 0. The van der Waals surface area contributed by atoms with Gasteiger partial charge >= 0.3 is 6.18 Å². The Bertz CT molecular complexity index is 634. The Balaban J connectivity index is 1.96. The normalized spacial score (nSPS) is 16.0. The minimum atomic E-state index is -4.57. The molecule has 1 heterocycles. The molecule has 0 bridgehead atoms. The van der Waals surface area contributed by atoms with E-state index in [1.807, 2.05) is 13.8 Å². The Hall–Kier alpha value is -2.05. The van der Waals surface area contributed by atoms with Crippen LogP contribution < -0.4 is 5.32 Å². The van der Waals surface area contributed by atoms with Gasteiger partial charge in [0.25, 0.3) is 5.91 Å². The molecule has 1 aliphatic heterocycles. The summed E-state index contributed by atoms with van der Waals surface area (Å²) in [5, 5.41) is 2.69. The summed E-state index contributed by atoms with van der Waals surface area (Å²) in [6.45, 7) is 5.00. The quantitative estimate of drug-likeness (QED) is 0.856. The highest BCUT2D eigenvalue weighted by Gasteiger charge is 2.35. The summed E-state index contributed by atoms with van der Waals surface area (Å²) in [4.78, 5) is 26.5. The first-order valence-corrected chi connectivity index (χ1v) is 9.03. The number of alkyl halides is 3. The van der Waals surface area contributed by atoms with Crippen molar-refractivity contribution in [2.45, 2.75) is 51.7 Å². The number of hydrogen-bond donors (Lipinski definition) is 1. The maximum absolute atomic E-state index is 13.0. The van der Waals surface area contributed by atoms with E-state index in [4.69, 9.17) is 0 Å². The lowest BCUT2D eigenvalue weighted by Gasteiger charge is -2.34. The molecule has 0 radical (unpaired) electrons. The van der Waals surface area contributed by atoms with E-state index >= 15 is 0 Å². The van der Waals surface area contributed by atoms with Crippen molar-refractivity contribution in [2.75, 3.05) is 13.1 Å². The van der Waals surface area contributed by atoms with Crippen LogP contribution in [0.3, 0.4) is 0 Å². The van der Waals surface area contributed by atoms with Crippen LogP contribution in [-0.2, 0) is 11.0 Å². The van der Waals surface area contributed by atoms with E-state index < -0.39 is 17.6 Å². The molecule has 1 aromatic rings. The minimum Gasteiger partial charge on any atom is -0.349 e. The van der Waals surface area contributed by atoms with Crippen molar-refractivity contribution in [3.05, 3.63) is 35.4 Å². The van der Waals surface area contributed by atoms with E-state index in [0.29, 0.717) is 25.9 Å². The summed E-state index contributed by atoms with van der Waals surface area (Å²) in [6.07, 6.45) is -1.89. The van der Waals surface area contributed by atoms with E-state index in [1.54, 1.807) is 4.90 Å². The van der Waals surface area contributed by atoms with Gasteiger partial charge in [0.1, 0.15) is 0 Å². The van der Waals surface area contributed by atoms with Gasteiger partial charge in [-0.2, -0.15) is 13.2 Å². The van der Waals surface area contributed by atoms with Crippen molar-refractivity contribution in [1.29, 1.82) is 0 Å². The van der Waals surface area contributed by atoms with Crippen LogP contribution in [0.1, 0.15) is 55.5 Å². The number of carbonyl (C=O) groups excluding carboxylic acids is 2. The fourth-order valence-corrected chi connectivity index (χ4v) is 3.33. The molecule has 1 aliphatic rings. The minimum absolute atomic E-state index is 0.0137. The molecule has 1 saturated heterocycles. The molecule has 1 N–H and O–H groups in total. The second-order valence-corrected chi connectivity index (χ2v) is 6.63. The zero-order valence-corrected chi connectivity index (χ0v) is 15.1. The Labute approximate surface area is 151 Å². The van der Waals surface area contributed by atoms with Crippen molar-refractivity contribution >= 4 is 11.8 Å². The van der Waals surface area contributed by atoms with Gasteiger partial charge in [0.05, 0.1) is 11.1 Å². The van der Waals surface area contributed by atoms with Gasteiger partial charge in [-0.3, -0.25) is 9.59 Å². The molecular weight excluding hydrogens is 345 g/mol. The Morgan fingerprint density at radius 1 is 1.15 bits per heavy atom. The number of hydrogen-bond acceptors (Lipinski definition) is 2. The SMILES string of the molecule is CCC(CC)C(=O)N1CCC(NC(=O)c2ccccc2C(F)(F)F)CC1. The second-order valence-electron chi connectivity index (χ2n) is 6.63. The first-order valence-electron chi connectivity index (χ1n) is 9.03. The number of rotatable bonds is 5. The van der Waals surface area contributed by atoms with Gasteiger partial charge in [-0.1, -0.05) is 26.0 Å². The number of nitrogens with one attached hydrogen (secondary N) is 1. The molecule has 2 rings (SSSR count). The van der Waals surface area contributed by atoms with Crippen LogP contribution in [0.15, 0.2) is 24.3 Å². The molecule has 0 unspecified atom stereocenters. The van der Waals surface area contributed by atoms with E-state index in [9.17, 15) is 22.8 Å². The van der Waals surface area contributed by atoms with Crippen LogP contribution in [0.5, 0.6) is 0 Å². The molecule has 0 saturated carbocycles. The summed E-state index contributed by atoms with van der Waals surface area (Å²) in [6, 6.07) is 4.55. The van der Waals surface area contributed by atoms with Gasteiger partial charge < -0.3 is 10.2 Å². The second kappa shape index (κ2) is 8.56. The highest BCUT2D eigenvalue weighted by molar-refractivity contribution is 5.96. The summed E-state index contributed by atoms with van der Waals surface area (Å²) in [7, 11) is 0. The third kappa shape index (κ3) is 4.77. The zero-order valence-electron chi connectivity index (χ0n) is 15.1. The third-order valence-electron chi connectivity index (χ3n) is 4.95. The van der Waals surface area contributed by atoms with E-state index in [0.717, 1.165) is 18.9 Å². The Morgan fingerprint density at radius 3 is 2.27 bits per heavy atom. The van der Waals surface area contributed by atoms with Gasteiger partial charge in [-0.15, -0.1) is 0 Å². The van der Waals surface area contributed by atoms with Crippen molar-refractivity contribution in [3.8, 4) is 0 Å². The molecule has 0 aromatic heterocycles. The lowest BCUT2D eigenvalue weighted by atomic mass is 9.98.